The standard InChI is InChI=1S/C17H27N5O2S/c1-6-7-14-19-15(24-20-14)11-22(5)17(23)18-10-13(21(3)4)16-12(2)8-9-25-16/h8-9,13H,6-7,10-11H2,1-5H3,(H,18,23)/t13-/m0/s1. The Hall–Kier alpha value is -1.93. The predicted molar refractivity (Wildman–Crippen MR) is 98.6 cm³/mol. The largest absolute Gasteiger partial charge is 0.337 e. The molecule has 0 aliphatic heterocycles. The minimum Gasteiger partial charge on any atom is -0.337 e. The van der Waals surface area contributed by atoms with E-state index in [4.69, 9.17) is 4.52 Å². The van der Waals surface area contributed by atoms with Crippen LogP contribution in [-0.2, 0) is 13.0 Å². The number of amides is 2. The summed E-state index contributed by atoms with van der Waals surface area (Å²) < 4.78 is 5.19. The van der Waals surface area contributed by atoms with E-state index in [-0.39, 0.29) is 12.1 Å². The molecule has 1 atom stereocenters. The molecule has 0 saturated carbocycles. The zero-order valence-electron chi connectivity index (χ0n) is 15.6. The zero-order chi connectivity index (χ0) is 18.4. The average Bonchev–Trinajstić information content (AvgIpc) is 3.17. The van der Waals surface area contributed by atoms with Crippen LogP contribution in [0.3, 0.4) is 0 Å². The lowest BCUT2D eigenvalue weighted by Gasteiger charge is -2.26. The normalized spacial score (nSPS) is 12.4. The number of nitrogens with zero attached hydrogens (tertiary/aromatic N) is 4. The quantitative estimate of drug-likeness (QED) is 0.779. The van der Waals surface area contributed by atoms with Crippen LogP contribution in [0.25, 0.3) is 0 Å². The van der Waals surface area contributed by atoms with E-state index in [0.717, 1.165) is 12.8 Å². The summed E-state index contributed by atoms with van der Waals surface area (Å²) in [7, 11) is 5.76. The van der Waals surface area contributed by atoms with Crippen LogP contribution < -0.4 is 5.32 Å². The number of urea groups is 1. The van der Waals surface area contributed by atoms with E-state index in [1.54, 1.807) is 23.3 Å². The summed E-state index contributed by atoms with van der Waals surface area (Å²) in [5, 5.41) is 8.99. The Morgan fingerprint density at radius 2 is 2.16 bits per heavy atom. The van der Waals surface area contributed by atoms with Crippen LogP contribution in [-0.4, -0.2) is 53.7 Å². The van der Waals surface area contributed by atoms with E-state index in [9.17, 15) is 4.79 Å². The molecule has 8 heteroatoms. The first-order chi connectivity index (χ1) is 11.9. The SMILES string of the molecule is CCCc1noc(CN(C)C(=O)NC[C@@H](c2sccc2C)N(C)C)n1. The van der Waals surface area contributed by atoms with E-state index in [1.807, 2.05) is 14.1 Å². The van der Waals surface area contributed by atoms with Crippen LogP contribution in [0.2, 0.25) is 0 Å². The third-order valence-electron chi connectivity index (χ3n) is 3.98. The molecule has 1 N–H and O–H groups in total. The fourth-order valence-corrected chi connectivity index (χ4v) is 3.63. The molecule has 0 unspecified atom stereocenters. The summed E-state index contributed by atoms with van der Waals surface area (Å²) in [5.74, 6) is 1.14. The van der Waals surface area contributed by atoms with Crippen molar-refractivity contribution < 1.29 is 9.32 Å². The summed E-state index contributed by atoms with van der Waals surface area (Å²) in [5.41, 5.74) is 1.25. The molecule has 0 fully saturated rings. The molecular formula is C17H27N5O2S. The van der Waals surface area contributed by atoms with Crippen molar-refractivity contribution >= 4 is 17.4 Å². The highest BCUT2D eigenvalue weighted by Crippen LogP contribution is 2.26. The molecule has 138 valence electrons. The number of likely N-dealkylation sites (N-methyl/N-ethyl adjacent to an activating group) is 1. The number of rotatable bonds is 8. The van der Waals surface area contributed by atoms with Gasteiger partial charge in [-0.1, -0.05) is 12.1 Å². The lowest BCUT2D eigenvalue weighted by molar-refractivity contribution is 0.194. The maximum absolute atomic E-state index is 12.4. The highest BCUT2D eigenvalue weighted by molar-refractivity contribution is 7.10. The fourth-order valence-electron chi connectivity index (χ4n) is 2.51. The summed E-state index contributed by atoms with van der Waals surface area (Å²) in [6.45, 7) is 5.00. The Morgan fingerprint density at radius 3 is 2.76 bits per heavy atom. The van der Waals surface area contributed by atoms with Gasteiger partial charge in [-0.15, -0.1) is 11.3 Å². The third-order valence-corrected chi connectivity index (χ3v) is 5.10. The van der Waals surface area contributed by atoms with Crippen molar-refractivity contribution in [3.8, 4) is 0 Å². The van der Waals surface area contributed by atoms with Crippen molar-refractivity contribution in [2.45, 2.75) is 39.3 Å². The lowest BCUT2D eigenvalue weighted by atomic mass is 10.1. The average molecular weight is 366 g/mol. The number of carbonyl (C=O) groups is 1. The molecule has 0 aliphatic carbocycles. The molecule has 0 saturated heterocycles. The molecule has 0 radical (unpaired) electrons. The zero-order valence-corrected chi connectivity index (χ0v) is 16.4. The van der Waals surface area contributed by atoms with Gasteiger partial charge in [-0.3, -0.25) is 0 Å². The van der Waals surface area contributed by atoms with E-state index < -0.39 is 0 Å². The topological polar surface area (TPSA) is 74.5 Å². The van der Waals surface area contributed by atoms with E-state index in [1.165, 1.54) is 10.4 Å². The Bertz CT molecular complexity index is 682. The summed E-state index contributed by atoms with van der Waals surface area (Å²) in [6, 6.07) is 2.10. The Labute approximate surface area is 153 Å². The lowest BCUT2D eigenvalue weighted by Crippen LogP contribution is -2.41. The maximum Gasteiger partial charge on any atom is 0.317 e. The highest BCUT2D eigenvalue weighted by atomic mass is 32.1. The molecular weight excluding hydrogens is 338 g/mol. The first-order valence-electron chi connectivity index (χ1n) is 8.43. The van der Waals surface area contributed by atoms with E-state index >= 15 is 0 Å². The molecule has 2 aromatic heterocycles. The number of hydrogen-bond acceptors (Lipinski definition) is 6. The van der Waals surface area contributed by atoms with Crippen LogP contribution in [0, 0.1) is 6.92 Å². The van der Waals surface area contributed by atoms with Gasteiger partial charge in [0, 0.05) is 24.9 Å². The van der Waals surface area contributed by atoms with Crippen LogP contribution in [0.5, 0.6) is 0 Å². The van der Waals surface area contributed by atoms with Crippen molar-refractivity contribution in [3.63, 3.8) is 0 Å². The number of carbonyl (C=O) groups excluding carboxylic acids is 1. The third kappa shape index (κ3) is 5.27. The van der Waals surface area contributed by atoms with Gasteiger partial charge in [-0.25, -0.2) is 4.79 Å². The molecule has 0 aromatic carbocycles. The number of aryl methyl sites for hydroxylation is 2. The Balaban J connectivity index is 1.90. The molecule has 7 nitrogen and oxygen atoms in total. The second-order valence-electron chi connectivity index (χ2n) is 6.34. The van der Waals surface area contributed by atoms with Gasteiger partial charge < -0.3 is 19.6 Å². The van der Waals surface area contributed by atoms with Crippen molar-refractivity contribution in [1.29, 1.82) is 0 Å². The van der Waals surface area contributed by atoms with Crippen LogP contribution >= 0.6 is 11.3 Å². The minimum atomic E-state index is -0.156. The first-order valence-corrected chi connectivity index (χ1v) is 9.31. The molecule has 0 aliphatic rings. The Morgan fingerprint density at radius 1 is 1.40 bits per heavy atom. The smallest absolute Gasteiger partial charge is 0.317 e. The van der Waals surface area contributed by atoms with Crippen molar-refractivity contribution in [2.75, 3.05) is 27.7 Å². The van der Waals surface area contributed by atoms with E-state index in [2.05, 4.69) is 45.7 Å². The van der Waals surface area contributed by atoms with Gasteiger partial charge in [-0.05, 0) is 44.4 Å². The number of hydrogen-bond donors (Lipinski definition) is 1. The molecule has 2 amide bonds. The summed E-state index contributed by atoms with van der Waals surface area (Å²) >= 11 is 1.72. The first kappa shape index (κ1) is 19.4. The molecule has 2 aromatic rings. The summed E-state index contributed by atoms with van der Waals surface area (Å²) in [6.07, 6.45) is 1.74. The molecule has 0 bridgehead atoms. The highest BCUT2D eigenvalue weighted by Gasteiger charge is 2.20. The fraction of sp³-hybridized carbons (Fsp3) is 0.588. The van der Waals surface area contributed by atoms with E-state index in [0.29, 0.717) is 24.8 Å². The van der Waals surface area contributed by atoms with Gasteiger partial charge in [0.1, 0.15) is 6.54 Å². The molecule has 2 rings (SSSR count). The van der Waals surface area contributed by atoms with Gasteiger partial charge >= 0.3 is 6.03 Å². The molecule has 2 heterocycles. The molecule has 25 heavy (non-hydrogen) atoms. The predicted octanol–water partition coefficient (Wildman–Crippen LogP) is 2.84. The van der Waals surface area contributed by atoms with Crippen LogP contribution in [0.15, 0.2) is 16.0 Å². The second-order valence-corrected chi connectivity index (χ2v) is 7.29. The minimum absolute atomic E-state index is 0.150. The van der Waals surface area contributed by atoms with Crippen molar-refractivity contribution in [3.05, 3.63) is 33.6 Å². The van der Waals surface area contributed by atoms with Crippen molar-refractivity contribution in [1.82, 2.24) is 25.3 Å². The number of thiophene rings is 1. The van der Waals surface area contributed by atoms with Gasteiger partial charge in [0.25, 0.3) is 0 Å². The maximum atomic E-state index is 12.4. The van der Waals surface area contributed by atoms with Gasteiger partial charge in [0.05, 0.1) is 6.04 Å². The number of nitrogens with one attached hydrogen (secondary N) is 1. The monoisotopic (exact) mass is 365 g/mol. The van der Waals surface area contributed by atoms with Crippen LogP contribution in [0.1, 0.15) is 41.5 Å². The van der Waals surface area contributed by atoms with Gasteiger partial charge in [0.15, 0.2) is 5.82 Å². The summed E-state index contributed by atoms with van der Waals surface area (Å²) in [4.78, 5) is 21.6. The second kappa shape index (κ2) is 8.96. The van der Waals surface area contributed by atoms with Gasteiger partial charge in [-0.2, -0.15) is 4.98 Å². The van der Waals surface area contributed by atoms with Crippen molar-refractivity contribution in [2.24, 2.45) is 0 Å². The van der Waals surface area contributed by atoms with Gasteiger partial charge in [0.2, 0.25) is 5.89 Å². The number of aromatic nitrogens is 2. The molecule has 0 spiro atoms. The Kier molecular flexibility index (Phi) is 6.95. The van der Waals surface area contributed by atoms with Crippen LogP contribution in [0.4, 0.5) is 4.79 Å².